The Hall–Kier alpha value is -3.89. The van der Waals surface area contributed by atoms with E-state index in [-0.39, 0.29) is 26.4 Å². The number of benzene rings is 4. The minimum atomic E-state index is -1.19. The molecular weight excluding hydrogens is 558 g/mol. The Kier molecular flexibility index (Phi) is 13.5. The zero-order valence-electron chi connectivity index (χ0n) is 25.2. The molecule has 4 unspecified atom stereocenters. The third kappa shape index (κ3) is 10.4. The van der Waals surface area contributed by atoms with Gasteiger partial charge in [0.25, 0.3) is 5.91 Å². The van der Waals surface area contributed by atoms with Crippen LogP contribution in [0.15, 0.2) is 121 Å². The van der Waals surface area contributed by atoms with Crippen LogP contribution in [0.3, 0.4) is 0 Å². The SMILES string of the molecule is CON(C)C(=O)C(OCc1ccccc1)C(OCc1ccccc1)C(OCc1ccccc1)C(O)COCc1ccccc1. The Morgan fingerprint density at radius 2 is 1.00 bits per heavy atom. The smallest absolute Gasteiger partial charge is 0.277 e. The molecule has 0 fully saturated rings. The number of likely N-dealkylation sites (N-methyl/N-ethyl adjacent to an activating group) is 1. The molecule has 1 N–H and O–H groups in total. The van der Waals surface area contributed by atoms with Gasteiger partial charge in [0.05, 0.1) is 40.1 Å². The number of rotatable bonds is 18. The van der Waals surface area contributed by atoms with Crippen LogP contribution in [0.4, 0.5) is 0 Å². The highest BCUT2D eigenvalue weighted by atomic mass is 16.7. The van der Waals surface area contributed by atoms with Crippen molar-refractivity contribution in [3.05, 3.63) is 144 Å². The van der Waals surface area contributed by atoms with E-state index in [0.29, 0.717) is 6.61 Å². The van der Waals surface area contributed by atoms with Gasteiger partial charge in [0.1, 0.15) is 18.3 Å². The van der Waals surface area contributed by atoms with E-state index in [0.717, 1.165) is 27.3 Å². The molecule has 0 saturated heterocycles. The summed E-state index contributed by atoms with van der Waals surface area (Å²) in [6.45, 7) is 0.707. The molecule has 0 aliphatic rings. The predicted octanol–water partition coefficient (Wildman–Crippen LogP) is 5.34. The molecule has 0 spiro atoms. The third-order valence-corrected chi connectivity index (χ3v) is 7.07. The number of carbonyl (C=O) groups excluding carboxylic acids is 1. The van der Waals surface area contributed by atoms with Crippen molar-refractivity contribution in [1.29, 1.82) is 0 Å². The number of ether oxygens (including phenoxy) is 4. The number of carbonyl (C=O) groups is 1. The van der Waals surface area contributed by atoms with Crippen LogP contribution in [0.2, 0.25) is 0 Å². The molecule has 4 aromatic rings. The summed E-state index contributed by atoms with van der Waals surface area (Å²) < 4.78 is 25.1. The topological polar surface area (TPSA) is 86.7 Å². The van der Waals surface area contributed by atoms with E-state index >= 15 is 0 Å². The molecule has 0 saturated carbocycles. The maximum Gasteiger partial charge on any atom is 0.277 e. The maximum absolute atomic E-state index is 13.8. The summed E-state index contributed by atoms with van der Waals surface area (Å²) in [6.07, 6.45) is -4.40. The third-order valence-electron chi connectivity index (χ3n) is 7.07. The first-order valence-electron chi connectivity index (χ1n) is 14.6. The average Bonchev–Trinajstić information content (AvgIpc) is 3.08. The van der Waals surface area contributed by atoms with Gasteiger partial charge in [0, 0.05) is 7.05 Å². The van der Waals surface area contributed by atoms with Crippen molar-refractivity contribution in [2.45, 2.75) is 50.8 Å². The van der Waals surface area contributed by atoms with E-state index < -0.39 is 30.3 Å². The Morgan fingerprint density at radius 3 is 1.43 bits per heavy atom. The Labute approximate surface area is 259 Å². The summed E-state index contributed by atoms with van der Waals surface area (Å²) in [6, 6.07) is 38.5. The van der Waals surface area contributed by atoms with Crippen molar-refractivity contribution in [3.63, 3.8) is 0 Å². The number of hydrogen-bond donors (Lipinski definition) is 1. The van der Waals surface area contributed by atoms with Gasteiger partial charge in [-0.3, -0.25) is 9.63 Å². The monoisotopic (exact) mass is 599 g/mol. The van der Waals surface area contributed by atoms with Crippen LogP contribution < -0.4 is 0 Å². The summed E-state index contributed by atoms with van der Waals surface area (Å²) in [5.74, 6) is -0.479. The lowest BCUT2D eigenvalue weighted by Gasteiger charge is -2.36. The summed E-state index contributed by atoms with van der Waals surface area (Å²) in [4.78, 5) is 19.0. The minimum absolute atomic E-state index is 0.0563. The van der Waals surface area contributed by atoms with Crippen LogP contribution in [0.5, 0.6) is 0 Å². The van der Waals surface area contributed by atoms with Gasteiger partial charge >= 0.3 is 0 Å². The van der Waals surface area contributed by atoms with Crippen LogP contribution in [0.1, 0.15) is 22.3 Å². The first kappa shape index (κ1) is 33.0. The number of amides is 1. The van der Waals surface area contributed by atoms with E-state index in [9.17, 15) is 9.90 Å². The molecule has 4 rings (SSSR count). The second-order valence-electron chi connectivity index (χ2n) is 10.3. The Balaban J connectivity index is 1.64. The van der Waals surface area contributed by atoms with Crippen molar-refractivity contribution in [1.82, 2.24) is 5.06 Å². The lowest BCUT2D eigenvalue weighted by atomic mass is 10.0. The van der Waals surface area contributed by atoms with Crippen molar-refractivity contribution < 1.29 is 33.7 Å². The largest absolute Gasteiger partial charge is 0.388 e. The number of aliphatic hydroxyl groups excluding tert-OH is 1. The zero-order chi connectivity index (χ0) is 31.0. The molecule has 0 aliphatic carbocycles. The van der Waals surface area contributed by atoms with Crippen LogP contribution >= 0.6 is 0 Å². The first-order valence-corrected chi connectivity index (χ1v) is 14.6. The fourth-order valence-electron chi connectivity index (χ4n) is 4.62. The molecule has 44 heavy (non-hydrogen) atoms. The highest BCUT2D eigenvalue weighted by molar-refractivity contribution is 5.80. The van der Waals surface area contributed by atoms with Crippen molar-refractivity contribution in [3.8, 4) is 0 Å². The van der Waals surface area contributed by atoms with Gasteiger partial charge in [-0.25, -0.2) is 5.06 Å². The lowest BCUT2D eigenvalue weighted by molar-refractivity contribution is -0.213. The molecule has 0 bridgehead atoms. The fourth-order valence-corrected chi connectivity index (χ4v) is 4.62. The fraction of sp³-hybridized carbons (Fsp3) is 0.306. The first-order chi connectivity index (χ1) is 21.5. The molecule has 232 valence electrons. The van der Waals surface area contributed by atoms with E-state index in [2.05, 4.69) is 0 Å². The number of nitrogens with zero attached hydrogens (tertiary/aromatic N) is 1. The van der Waals surface area contributed by atoms with Gasteiger partial charge in [0.15, 0.2) is 6.10 Å². The molecule has 0 radical (unpaired) electrons. The zero-order valence-corrected chi connectivity index (χ0v) is 25.2. The van der Waals surface area contributed by atoms with Crippen LogP contribution in [0, 0.1) is 0 Å². The molecule has 1 amide bonds. The molecule has 0 heterocycles. The highest BCUT2D eigenvalue weighted by Crippen LogP contribution is 2.23. The van der Waals surface area contributed by atoms with Crippen molar-refractivity contribution in [2.24, 2.45) is 0 Å². The lowest BCUT2D eigenvalue weighted by Crippen LogP contribution is -2.55. The Bertz CT molecular complexity index is 1340. The summed E-state index contributed by atoms with van der Waals surface area (Å²) in [7, 11) is 2.91. The van der Waals surface area contributed by atoms with E-state index in [1.807, 2.05) is 121 Å². The quantitative estimate of drug-likeness (QED) is 0.155. The van der Waals surface area contributed by atoms with Gasteiger partial charge in [-0.15, -0.1) is 0 Å². The summed E-state index contributed by atoms with van der Waals surface area (Å²) in [5, 5.41) is 12.7. The normalized spacial score (nSPS) is 14.0. The highest BCUT2D eigenvalue weighted by Gasteiger charge is 2.42. The van der Waals surface area contributed by atoms with E-state index in [1.165, 1.54) is 14.2 Å². The molecular formula is C36H41NO7. The summed E-state index contributed by atoms with van der Waals surface area (Å²) in [5.41, 5.74) is 3.64. The number of hydrogen-bond acceptors (Lipinski definition) is 7. The van der Waals surface area contributed by atoms with E-state index in [1.54, 1.807) is 0 Å². The van der Waals surface area contributed by atoms with Gasteiger partial charge in [0.2, 0.25) is 0 Å². The average molecular weight is 600 g/mol. The molecule has 4 aromatic carbocycles. The van der Waals surface area contributed by atoms with Gasteiger partial charge < -0.3 is 24.1 Å². The minimum Gasteiger partial charge on any atom is -0.388 e. The second kappa shape index (κ2) is 18.0. The number of hydroxylamine groups is 2. The Morgan fingerprint density at radius 1 is 0.614 bits per heavy atom. The van der Waals surface area contributed by atoms with Crippen LogP contribution in [-0.2, 0) is 55.0 Å². The van der Waals surface area contributed by atoms with Crippen molar-refractivity contribution in [2.75, 3.05) is 20.8 Å². The number of aliphatic hydroxyl groups is 1. The molecule has 0 aliphatic heterocycles. The molecule has 8 heteroatoms. The van der Waals surface area contributed by atoms with Crippen LogP contribution in [-0.4, -0.2) is 61.3 Å². The summed E-state index contributed by atoms with van der Waals surface area (Å²) >= 11 is 0. The van der Waals surface area contributed by atoms with Crippen LogP contribution in [0.25, 0.3) is 0 Å². The molecule has 0 aromatic heterocycles. The molecule has 4 atom stereocenters. The van der Waals surface area contributed by atoms with E-state index in [4.69, 9.17) is 23.8 Å². The van der Waals surface area contributed by atoms with Gasteiger partial charge in [-0.1, -0.05) is 121 Å². The van der Waals surface area contributed by atoms with Gasteiger partial charge in [-0.05, 0) is 22.3 Å². The second-order valence-corrected chi connectivity index (χ2v) is 10.3. The standard InChI is InChI=1S/C36H41NO7/c1-37(40-2)36(39)35(44-26-31-21-13-6-14-22-31)34(43-25-30-19-11-5-12-20-30)33(42-24-29-17-9-4-10-18-29)32(38)27-41-23-28-15-7-3-8-16-28/h3-22,32-35,38H,23-27H2,1-2H3. The molecule has 8 nitrogen and oxygen atoms in total. The maximum atomic E-state index is 13.8. The van der Waals surface area contributed by atoms with Crippen molar-refractivity contribution >= 4 is 5.91 Å². The predicted molar refractivity (Wildman–Crippen MR) is 167 cm³/mol. The van der Waals surface area contributed by atoms with Gasteiger partial charge in [-0.2, -0.15) is 0 Å².